The second-order valence-electron chi connectivity index (χ2n) is 21.0. The Morgan fingerprint density at radius 1 is 0.824 bits per heavy atom. The summed E-state index contributed by atoms with van der Waals surface area (Å²) in [5, 5.41) is 7.21. The summed E-state index contributed by atoms with van der Waals surface area (Å²) < 4.78 is 104. The molecule has 2 atom stereocenters. The molecule has 4 saturated heterocycles. The molecule has 4 heterocycles. The van der Waals surface area contributed by atoms with Crippen molar-refractivity contribution in [3.05, 3.63) is 119 Å². The number of halogens is 4. The van der Waals surface area contributed by atoms with E-state index in [-0.39, 0.29) is 11.0 Å². The van der Waals surface area contributed by atoms with Crippen LogP contribution in [0.5, 0.6) is 0 Å². The lowest BCUT2D eigenvalue weighted by Gasteiger charge is -2.50. The highest BCUT2D eigenvalue weighted by Gasteiger charge is 2.49. The summed E-state index contributed by atoms with van der Waals surface area (Å²) in [6.45, 7) is 15.2. The molecule has 5 aliphatic rings. The van der Waals surface area contributed by atoms with Gasteiger partial charge in [0.25, 0.3) is 25.8 Å². The van der Waals surface area contributed by atoms with Gasteiger partial charge in [-0.1, -0.05) is 54.4 Å². The molecule has 1 amide bonds. The number of piperazine rings is 1. The Kier molecular flexibility index (Phi) is 17.1. The maximum absolute atomic E-state index is 14.3. The molecule has 4 aromatic carbocycles. The largest absolute Gasteiger partial charge is 0.501 e. The summed E-state index contributed by atoms with van der Waals surface area (Å²) in [6, 6.07) is 26.1. The smallest absolute Gasteiger partial charge is 0.380 e. The highest BCUT2D eigenvalue weighted by molar-refractivity contribution is 7.99. The lowest BCUT2D eigenvalue weighted by atomic mass is 9.69. The number of sulfone groups is 1. The predicted molar refractivity (Wildman–Crippen MR) is 287 cm³/mol. The van der Waals surface area contributed by atoms with E-state index in [1.807, 2.05) is 47.2 Å². The number of rotatable bonds is 18. The van der Waals surface area contributed by atoms with Crippen LogP contribution >= 0.6 is 23.4 Å². The van der Waals surface area contributed by atoms with Crippen molar-refractivity contribution in [2.45, 2.75) is 71.7 Å². The van der Waals surface area contributed by atoms with Crippen LogP contribution in [0, 0.1) is 10.8 Å². The van der Waals surface area contributed by atoms with Gasteiger partial charge in [0.2, 0.25) is 0 Å². The SMILES string of the molecule is CC1(CN2CCC3(CC2)CNC3)CCC(c2ccc(Cl)cc2)=C(CN2CCN(c3ccc(C(=O)NS(=O)(=O)c4ccc(N[C@H](CCN5CCOCC5)CSc5ccccc5)c(S(=O)(=O)C(F)(F)F)c4)cc3)CC2)C1. The highest BCUT2D eigenvalue weighted by Crippen LogP contribution is 2.45. The number of nitrogens with zero attached hydrogens (tertiary/aromatic N) is 4. The summed E-state index contributed by atoms with van der Waals surface area (Å²) in [4.78, 5) is 21.9. The van der Waals surface area contributed by atoms with Crippen LogP contribution in [0.15, 0.2) is 117 Å². The predicted octanol–water partition coefficient (Wildman–Crippen LogP) is 8.50. The molecule has 1 unspecified atom stereocenters. The molecule has 74 heavy (non-hydrogen) atoms. The number of piperidine rings is 1. The maximum atomic E-state index is 14.3. The monoisotopic (exact) mass is 1100 g/mol. The van der Waals surface area contributed by atoms with E-state index in [0.29, 0.717) is 56.5 Å². The number of anilines is 2. The number of thioether (sulfide) groups is 1. The molecular formula is C54H67ClF3N7O6S3. The van der Waals surface area contributed by atoms with Crippen LogP contribution < -0.4 is 20.3 Å². The van der Waals surface area contributed by atoms with E-state index in [2.05, 4.69) is 49.3 Å². The second-order valence-corrected chi connectivity index (χ2v) is 26.1. The number of carbonyl (C=O) groups is 1. The van der Waals surface area contributed by atoms with Gasteiger partial charge in [-0.2, -0.15) is 13.2 Å². The normalized spacial score (nSPS) is 21.8. The van der Waals surface area contributed by atoms with Crippen LogP contribution in [0.2, 0.25) is 5.02 Å². The van der Waals surface area contributed by atoms with E-state index in [9.17, 15) is 34.8 Å². The molecule has 0 radical (unpaired) electrons. The zero-order valence-corrected chi connectivity index (χ0v) is 45.1. The summed E-state index contributed by atoms with van der Waals surface area (Å²) in [7, 11) is -10.9. The van der Waals surface area contributed by atoms with Gasteiger partial charge in [-0.15, -0.1) is 11.8 Å². The van der Waals surface area contributed by atoms with Gasteiger partial charge in [-0.3, -0.25) is 14.6 Å². The van der Waals surface area contributed by atoms with Gasteiger partial charge in [0.1, 0.15) is 4.90 Å². The van der Waals surface area contributed by atoms with Crippen molar-refractivity contribution in [3.63, 3.8) is 0 Å². The van der Waals surface area contributed by atoms with Gasteiger partial charge in [0.15, 0.2) is 0 Å². The van der Waals surface area contributed by atoms with Gasteiger partial charge in [0, 0.05) is 105 Å². The van der Waals surface area contributed by atoms with Crippen LogP contribution in [0.1, 0.15) is 61.4 Å². The van der Waals surface area contributed by atoms with Crippen LogP contribution in [0.3, 0.4) is 0 Å². The van der Waals surface area contributed by atoms with Crippen LogP contribution in [-0.2, 0) is 24.6 Å². The average molecular weight is 1100 g/mol. The van der Waals surface area contributed by atoms with E-state index in [4.69, 9.17) is 16.3 Å². The molecule has 4 fully saturated rings. The molecule has 0 bridgehead atoms. The Morgan fingerprint density at radius 2 is 1.51 bits per heavy atom. The van der Waals surface area contributed by atoms with E-state index < -0.39 is 52.8 Å². The molecule has 1 spiro atoms. The molecule has 4 aliphatic heterocycles. The molecule has 9 rings (SSSR count). The Balaban J connectivity index is 0.839. The quantitative estimate of drug-likeness (QED) is 0.0821. The number of morpholine rings is 1. The molecule has 400 valence electrons. The lowest BCUT2D eigenvalue weighted by Crippen LogP contribution is -2.58. The lowest BCUT2D eigenvalue weighted by molar-refractivity contribution is -0.0435. The third-order valence-corrected chi connectivity index (χ3v) is 19.9. The van der Waals surface area contributed by atoms with E-state index in [1.165, 1.54) is 53.4 Å². The van der Waals surface area contributed by atoms with Gasteiger partial charge in [-0.05, 0) is 140 Å². The average Bonchev–Trinajstić information content (AvgIpc) is 3.38. The van der Waals surface area contributed by atoms with Gasteiger partial charge >= 0.3 is 5.51 Å². The second kappa shape index (κ2) is 23.2. The number of sulfonamides is 1. The Hall–Kier alpha value is -4.18. The van der Waals surface area contributed by atoms with Crippen LogP contribution in [0.4, 0.5) is 24.5 Å². The fraction of sp³-hybridized carbons (Fsp3) is 0.500. The molecule has 0 aromatic heterocycles. The number of carbonyl (C=O) groups excluding carboxylic acids is 1. The fourth-order valence-corrected chi connectivity index (χ4v) is 14.2. The molecule has 13 nitrogen and oxygen atoms in total. The van der Waals surface area contributed by atoms with Crippen molar-refractivity contribution in [3.8, 4) is 0 Å². The van der Waals surface area contributed by atoms with Crippen molar-refractivity contribution in [1.82, 2.24) is 24.7 Å². The summed E-state index contributed by atoms with van der Waals surface area (Å²) in [6.07, 6.45) is 6.18. The number of allylic oxidation sites excluding steroid dienone is 1. The topological polar surface area (TPSA) is 144 Å². The first-order chi connectivity index (χ1) is 35.4. The number of likely N-dealkylation sites (tertiary alicyclic amines) is 1. The summed E-state index contributed by atoms with van der Waals surface area (Å²) in [5.74, 6) is -0.651. The summed E-state index contributed by atoms with van der Waals surface area (Å²) in [5.41, 5.74) is -0.456. The molecule has 3 N–H and O–H groups in total. The Labute approximate surface area is 443 Å². The van der Waals surface area contributed by atoms with Crippen molar-refractivity contribution < 1.29 is 39.5 Å². The standard InChI is InChI=1S/C54H67ClF3N7O6S3/c1-52(39-64-23-20-53(21-24-64)37-59-38-53)19-17-48(40-7-11-43(55)12-8-40)42(34-52)35-63-25-27-65(28-26-63)45-13-9-41(10-14-45)51(66)61-74(69,70)47-15-16-49(50(33-47)73(67,68)54(56,57)58)60-44(18-22-62-29-31-71-32-30-62)36-72-46-5-3-2-4-6-46/h2-16,33,44,59-60H,17-32,34-39H2,1H3,(H,61,66)/t44-,52?/m1/s1. The number of ether oxygens (including phenoxy) is 1. The number of amides is 1. The van der Waals surface area contributed by atoms with Crippen LogP contribution in [-0.4, -0.2) is 153 Å². The zero-order chi connectivity index (χ0) is 52.1. The first-order valence-electron chi connectivity index (χ1n) is 25.6. The van der Waals surface area contributed by atoms with Gasteiger partial charge < -0.3 is 25.2 Å². The number of nitrogens with one attached hydrogen (secondary N) is 3. The first-order valence-corrected chi connectivity index (χ1v) is 29.9. The minimum absolute atomic E-state index is 0.00234. The van der Waals surface area contributed by atoms with E-state index >= 15 is 0 Å². The van der Waals surface area contributed by atoms with Crippen molar-refractivity contribution in [2.75, 3.05) is 114 Å². The number of hydrogen-bond donors (Lipinski definition) is 3. The van der Waals surface area contributed by atoms with Crippen molar-refractivity contribution in [1.29, 1.82) is 0 Å². The van der Waals surface area contributed by atoms with Crippen molar-refractivity contribution in [2.24, 2.45) is 10.8 Å². The van der Waals surface area contributed by atoms with Crippen LogP contribution in [0.25, 0.3) is 5.57 Å². The van der Waals surface area contributed by atoms with Crippen molar-refractivity contribution >= 4 is 66.1 Å². The molecule has 20 heteroatoms. The number of benzene rings is 4. The molecule has 0 saturated carbocycles. The highest BCUT2D eigenvalue weighted by atomic mass is 35.5. The Bertz CT molecular complexity index is 2840. The van der Waals surface area contributed by atoms with E-state index in [0.717, 1.165) is 112 Å². The van der Waals surface area contributed by atoms with E-state index in [1.54, 1.807) is 12.1 Å². The number of alkyl halides is 3. The first kappa shape index (κ1) is 54.6. The Morgan fingerprint density at radius 3 is 2.16 bits per heavy atom. The third-order valence-electron chi connectivity index (χ3n) is 15.6. The summed E-state index contributed by atoms with van der Waals surface area (Å²) >= 11 is 7.77. The van der Waals surface area contributed by atoms with Gasteiger partial charge in [0.05, 0.1) is 23.8 Å². The molecule has 1 aliphatic carbocycles. The molecular weight excluding hydrogens is 1030 g/mol. The maximum Gasteiger partial charge on any atom is 0.501 e. The number of hydrogen-bond acceptors (Lipinski definition) is 13. The molecule has 4 aromatic rings. The third kappa shape index (κ3) is 13.3. The minimum Gasteiger partial charge on any atom is -0.380 e. The fourth-order valence-electron chi connectivity index (χ4n) is 11.1. The zero-order valence-electron chi connectivity index (χ0n) is 41.8. The van der Waals surface area contributed by atoms with Gasteiger partial charge in [-0.25, -0.2) is 21.6 Å². The minimum atomic E-state index is -6.06.